The molecule has 0 spiro atoms. The Morgan fingerprint density at radius 1 is 0.362 bits per heavy atom. The van der Waals surface area contributed by atoms with E-state index in [1.807, 2.05) is 24.3 Å². The third kappa shape index (κ3) is 14.4. The molecule has 0 fully saturated rings. The van der Waals surface area contributed by atoms with E-state index in [9.17, 15) is 0 Å². The molecule has 1 aliphatic carbocycles. The Kier molecular flexibility index (Phi) is 20.8. The maximum Gasteiger partial charge on any atom is 0.0216 e. The summed E-state index contributed by atoms with van der Waals surface area (Å²) in [6.07, 6.45) is 30.6. The molecule has 4 heteroatoms. The predicted molar refractivity (Wildman–Crippen MR) is 223 cm³/mol. The maximum absolute atomic E-state index is 3.83. The molecule has 0 amide bonds. The lowest BCUT2D eigenvalue weighted by atomic mass is 9.70. The molecule has 0 nitrogen and oxygen atoms in total. The maximum atomic E-state index is 3.83. The first-order valence-corrected chi connectivity index (χ1v) is 22.1. The molecule has 3 aromatic carbocycles. The zero-order chi connectivity index (χ0) is 33.7. The summed E-state index contributed by atoms with van der Waals surface area (Å²) in [5, 5.41) is 0. The van der Waals surface area contributed by atoms with Gasteiger partial charge in [-0.05, 0) is 83.6 Å². The molecule has 3 aromatic rings. The summed E-state index contributed by atoms with van der Waals surface area (Å²) in [7, 11) is 0. The third-order valence-electron chi connectivity index (χ3n) is 10.0. The molecule has 0 unspecified atom stereocenters. The minimum atomic E-state index is 0.165. The number of halogens is 4. The molecular weight excluding hydrogens is 836 g/mol. The Morgan fingerprint density at radius 2 is 0.638 bits per heavy atom. The minimum Gasteiger partial charge on any atom is -0.0654 e. The van der Waals surface area contributed by atoms with Crippen LogP contribution in [-0.4, -0.2) is 0 Å². The summed E-state index contributed by atoms with van der Waals surface area (Å²) in [6.45, 7) is 4.61. The third-order valence-corrected chi connectivity index (χ3v) is 12.0. The lowest BCUT2D eigenvalue weighted by molar-refractivity contribution is 0.396. The van der Waals surface area contributed by atoms with Crippen LogP contribution in [0.15, 0.2) is 78.6 Å². The van der Waals surface area contributed by atoms with E-state index in [1.54, 1.807) is 11.1 Å². The van der Waals surface area contributed by atoms with Gasteiger partial charge < -0.3 is 0 Å². The fraction of sp³-hybridized carbons (Fsp3) is 0.581. The van der Waals surface area contributed by atoms with Gasteiger partial charge in [0.15, 0.2) is 0 Å². The molecule has 0 aliphatic heterocycles. The first-order valence-electron chi connectivity index (χ1n) is 18.9. The van der Waals surface area contributed by atoms with E-state index >= 15 is 0 Å². The van der Waals surface area contributed by atoms with Crippen LogP contribution in [0.2, 0.25) is 0 Å². The van der Waals surface area contributed by atoms with E-state index in [-0.39, 0.29) is 5.41 Å². The Bertz CT molecular complexity index is 1170. The van der Waals surface area contributed by atoms with Crippen molar-refractivity contribution in [2.75, 3.05) is 0 Å². The number of hydrogen-bond acceptors (Lipinski definition) is 0. The summed E-state index contributed by atoms with van der Waals surface area (Å²) in [6, 6.07) is 22.1. The molecule has 4 rings (SSSR count). The van der Waals surface area contributed by atoms with Crippen LogP contribution >= 0.6 is 63.7 Å². The zero-order valence-corrected chi connectivity index (χ0v) is 35.7. The summed E-state index contributed by atoms with van der Waals surface area (Å²) in [5.41, 5.74) is 6.27. The van der Waals surface area contributed by atoms with Crippen molar-refractivity contribution in [3.8, 4) is 11.1 Å². The Hall–Kier alpha value is -0.420. The molecule has 0 radical (unpaired) electrons. The second-order valence-electron chi connectivity index (χ2n) is 13.8. The van der Waals surface area contributed by atoms with Gasteiger partial charge in [-0.1, -0.05) is 218 Å². The molecule has 0 saturated carbocycles. The van der Waals surface area contributed by atoms with Gasteiger partial charge in [0.2, 0.25) is 0 Å². The Labute approximate surface area is 322 Å². The first kappa shape index (κ1) is 41.0. The summed E-state index contributed by atoms with van der Waals surface area (Å²) in [4.78, 5) is 0. The topological polar surface area (TPSA) is 0 Å². The quantitative estimate of drug-likeness (QED) is 0.0882. The largest absolute Gasteiger partial charge is 0.0654 e. The van der Waals surface area contributed by atoms with Gasteiger partial charge in [-0.15, -0.1) is 0 Å². The monoisotopic (exact) mass is 892 g/mol. The molecule has 0 N–H and O–H groups in total. The average Bonchev–Trinajstić information content (AvgIpc) is 3.32. The van der Waals surface area contributed by atoms with Crippen molar-refractivity contribution in [2.24, 2.45) is 0 Å². The van der Waals surface area contributed by atoms with E-state index in [0.717, 1.165) is 8.95 Å². The van der Waals surface area contributed by atoms with Crippen LogP contribution in [0, 0.1) is 0 Å². The molecule has 0 heterocycles. The SMILES string of the molecule is Brc1ccc(Br)cc1.CCCCCCCCCCCCC1(CCCCCCCCCCCC)c2cc(Br)ccc2-c2ccc(Br)cc21. The van der Waals surface area contributed by atoms with E-state index in [0.29, 0.717) is 0 Å². The van der Waals surface area contributed by atoms with Crippen molar-refractivity contribution in [3.63, 3.8) is 0 Å². The van der Waals surface area contributed by atoms with Crippen molar-refractivity contribution < 1.29 is 0 Å². The van der Waals surface area contributed by atoms with E-state index < -0.39 is 0 Å². The lowest BCUT2D eigenvalue weighted by Gasteiger charge is -2.33. The second kappa shape index (κ2) is 23.9. The number of fused-ring (bicyclic) bond motifs is 3. The predicted octanol–water partition coefficient (Wildman–Crippen LogP) is 17.3. The van der Waals surface area contributed by atoms with Gasteiger partial charge in [0, 0.05) is 23.3 Å². The van der Waals surface area contributed by atoms with E-state index in [1.165, 1.54) is 161 Å². The van der Waals surface area contributed by atoms with Gasteiger partial charge in [0.05, 0.1) is 0 Å². The number of hydrogen-bond donors (Lipinski definition) is 0. The standard InChI is InChI=1S/C37H56Br2.C6H4Br2/c1-3-5-7-9-11-13-15-17-19-21-27-37(28-22-20-18-16-14-12-10-8-6-4-2)35-29-31(38)23-25-33(35)34-26-24-32(39)30-36(34)37;7-5-1-2-6(8)4-3-5/h23-26,29-30H,3-22,27-28H2,1-2H3;1-4H. The highest BCUT2D eigenvalue weighted by atomic mass is 79.9. The van der Waals surface area contributed by atoms with Gasteiger partial charge in [0.1, 0.15) is 0 Å². The molecular formula is C43H60Br4. The molecule has 0 bridgehead atoms. The van der Waals surface area contributed by atoms with Gasteiger partial charge in [-0.25, -0.2) is 0 Å². The van der Waals surface area contributed by atoms with Crippen LogP contribution in [0.25, 0.3) is 11.1 Å². The molecule has 260 valence electrons. The smallest absolute Gasteiger partial charge is 0.0216 e. The van der Waals surface area contributed by atoms with Crippen LogP contribution in [-0.2, 0) is 5.41 Å². The number of unbranched alkanes of at least 4 members (excludes halogenated alkanes) is 18. The van der Waals surface area contributed by atoms with E-state index in [2.05, 4.69) is 114 Å². The van der Waals surface area contributed by atoms with Crippen molar-refractivity contribution in [2.45, 2.75) is 161 Å². The van der Waals surface area contributed by atoms with Gasteiger partial charge >= 0.3 is 0 Å². The Morgan fingerprint density at radius 3 is 0.957 bits per heavy atom. The van der Waals surface area contributed by atoms with Gasteiger partial charge in [-0.3, -0.25) is 0 Å². The molecule has 1 aliphatic rings. The molecule has 0 saturated heterocycles. The van der Waals surface area contributed by atoms with Crippen LogP contribution in [0.5, 0.6) is 0 Å². The average molecular weight is 897 g/mol. The number of benzene rings is 3. The van der Waals surface area contributed by atoms with Crippen molar-refractivity contribution in [3.05, 3.63) is 89.7 Å². The summed E-state index contributed by atoms with van der Waals surface area (Å²) < 4.78 is 4.67. The fourth-order valence-electron chi connectivity index (χ4n) is 7.36. The molecule has 0 aromatic heterocycles. The molecule has 47 heavy (non-hydrogen) atoms. The lowest BCUT2D eigenvalue weighted by Crippen LogP contribution is -2.25. The first-order chi connectivity index (χ1) is 22.9. The van der Waals surface area contributed by atoms with Crippen molar-refractivity contribution >= 4 is 63.7 Å². The van der Waals surface area contributed by atoms with Crippen molar-refractivity contribution in [1.29, 1.82) is 0 Å². The highest BCUT2D eigenvalue weighted by molar-refractivity contribution is 9.11. The van der Waals surface area contributed by atoms with E-state index in [4.69, 9.17) is 0 Å². The van der Waals surface area contributed by atoms with Crippen LogP contribution in [0.4, 0.5) is 0 Å². The highest BCUT2D eigenvalue weighted by Gasteiger charge is 2.42. The second-order valence-corrected chi connectivity index (χ2v) is 17.4. The van der Waals surface area contributed by atoms with Crippen LogP contribution in [0.1, 0.15) is 166 Å². The van der Waals surface area contributed by atoms with Gasteiger partial charge in [0.25, 0.3) is 0 Å². The Balaban J connectivity index is 0.000000653. The minimum absolute atomic E-state index is 0.165. The summed E-state index contributed by atoms with van der Waals surface area (Å²) in [5.74, 6) is 0. The van der Waals surface area contributed by atoms with Crippen molar-refractivity contribution in [1.82, 2.24) is 0 Å². The normalized spacial score (nSPS) is 12.8. The number of rotatable bonds is 22. The zero-order valence-electron chi connectivity index (χ0n) is 29.3. The van der Waals surface area contributed by atoms with Crippen LogP contribution < -0.4 is 0 Å². The summed E-state index contributed by atoms with van der Waals surface area (Å²) >= 11 is 14.3. The molecule has 0 atom stereocenters. The van der Waals surface area contributed by atoms with Crippen LogP contribution in [0.3, 0.4) is 0 Å². The fourth-order valence-corrected chi connectivity index (χ4v) is 8.61. The highest BCUT2D eigenvalue weighted by Crippen LogP contribution is 2.55. The van der Waals surface area contributed by atoms with Gasteiger partial charge in [-0.2, -0.15) is 0 Å².